The van der Waals surface area contributed by atoms with Gasteiger partial charge in [0.1, 0.15) is 0 Å². The minimum absolute atomic E-state index is 0.0295. The molecule has 2 aliphatic rings. The van der Waals surface area contributed by atoms with Crippen molar-refractivity contribution in [3.05, 3.63) is 0 Å². The molecule has 1 amide bonds. The average molecular weight is 285 g/mol. The first kappa shape index (κ1) is 15.1. The maximum absolute atomic E-state index is 12.3. The molecule has 19 heavy (non-hydrogen) atoms. The molecule has 2 N–H and O–H groups in total. The van der Waals surface area contributed by atoms with Gasteiger partial charge in [-0.15, -0.1) is 0 Å². The summed E-state index contributed by atoms with van der Waals surface area (Å²) in [5.41, 5.74) is 0.0735. The first-order chi connectivity index (χ1) is 9.09. The molecule has 4 nitrogen and oxygen atoms in total. The van der Waals surface area contributed by atoms with Gasteiger partial charge in [-0.3, -0.25) is 9.69 Å². The molecule has 5 heteroatoms. The summed E-state index contributed by atoms with van der Waals surface area (Å²) in [6.45, 7) is 9.42. The molecule has 0 aromatic heterocycles. The molecule has 1 unspecified atom stereocenters. The van der Waals surface area contributed by atoms with Crippen molar-refractivity contribution in [1.82, 2.24) is 15.5 Å². The number of rotatable bonds is 4. The van der Waals surface area contributed by atoms with Crippen molar-refractivity contribution < 1.29 is 4.79 Å². The van der Waals surface area contributed by atoms with Gasteiger partial charge < -0.3 is 10.6 Å². The van der Waals surface area contributed by atoms with E-state index >= 15 is 0 Å². The van der Waals surface area contributed by atoms with Crippen LogP contribution in [0.2, 0.25) is 0 Å². The maximum atomic E-state index is 12.3. The van der Waals surface area contributed by atoms with Crippen molar-refractivity contribution in [1.29, 1.82) is 0 Å². The summed E-state index contributed by atoms with van der Waals surface area (Å²) < 4.78 is 0. The fraction of sp³-hybridized carbons (Fsp3) is 0.929. The van der Waals surface area contributed by atoms with Crippen molar-refractivity contribution in [2.75, 3.05) is 44.2 Å². The highest BCUT2D eigenvalue weighted by Gasteiger charge is 2.36. The molecule has 2 aliphatic heterocycles. The molecule has 0 spiro atoms. The Labute approximate surface area is 121 Å². The van der Waals surface area contributed by atoms with Gasteiger partial charge in [-0.2, -0.15) is 11.8 Å². The Morgan fingerprint density at radius 2 is 2.16 bits per heavy atom. The van der Waals surface area contributed by atoms with Crippen LogP contribution >= 0.6 is 11.8 Å². The molecule has 0 aliphatic carbocycles. The van der Waals surface area contributed by atoms with Crippen LogP contribution < -0.4 is 10.6 Å². The van der Waals surface area contributed by atoms with Crippen LogP contribution in [-0.4, -0.2) is 61.1 Å². The lowest BCUT2D eigenvalue weighted by Gasteiger charge is -2.38. The molecule has 1 atom stereocenters. The number of thioether (sulfide) groups is 1. The Hall–Kier alpha value is -0.260. The van der Waals surface area contributed by atoms with Gasteiger partial charge in [0.25, 0.3) is 0 Å². The molecule has 110 valence electrons. The molecule has 2 saturated heterocycles. The summed E-state index contributed by atoms with van der Waals surface area (Å²) in [6, 6.07) is -0.0295. The monoisotopic (exact) mass is 285 g/mol. The van der Waals surface area contributed by atoms with Crippen LogP contribution in [0.1, 0.15) is 26.7 Å². The fourth-order valence-electron chi connectivity index (χ4n) is 2.92. The number of nitrogens with zero attached hydrogens (tertiary/aromatic N) is 1. The maximum Gasteiger partial charge on any atom is 0.237 e. The lowest BCUT2D eigenvalue weighted by molar-refractivity contribution is -0.126. The van der Waals surface area contributed by atoms with E-state index in [1.54, 1.807) is 0 Å². The van der Waals surface area contributed by atoms with E-state index in [1.807, 2.05) is 11.8 Å². The van der Waals surface area contributed by atoms with Crippen molar-refractivity contribution in [3.63, 3.8) is 0 Å². The first-order valence-electron chi connectivity index (χ1n) is 7.41. The summed E-state index contributed by atoms with van der Waals surface area (Å²) in [7, 11) is 0. The molecule has 0 aromatic rings. The van der Waals surface area contributed by atoms with E-state index in [9.17, 15) is 4.79 Å². The van der Waals surface area contributed by atoms with Gasteiger partial charge in [0, 0.05) is 37.7 Å². The summed E-state index contributed by atoms with van der Waals surface area (Å²) in [5.74, 6) is 2.63. The molecule has 2 rings (SSSR count). The minimum Gasteiger partial charge on any atom is -0.353 e. The zero-order chi connectivity index (χ0) is 13.7. The SMILES string of the molecule is CC1(C)CCCNC1C(=O)NCCN1CCSCC1. The molecule has 0 saturated carbocycles. The van der Waals surface area contributed by atoms with Gasteiger partial charge in [-0.05, 0) is 24.8 Å². The number of nitrogens with one attached hydrogen (secondary N) is 2. The van der Waals surface area contributed by atoms with Gasteiger partial charge in [0.2, 0.25) is 5.91 Å². The highest BCUT2D eigenvalue weighted by molar-refractivity contribution is 7.99. The van der Waals surface area contributed by atoms with E-state index in [4.69, 9.17) is 0 Å². The second kappa shape index (κ2) is 6.95. The Bertz CT molecular complexity index is 303. The predicted octanol–water partition coefficient (Wildman–Crippen LogP) is 0.930. The summed E-state index contributed by atoms with van der Waals surface area (Å²) in [5, 5.41) is 6.47. The van der Waals surface area contributed by atoms with Crippen LogP contribution in [-0.2, 0) is 4.79 Å². The zero-order valence-corrected chi connectivity index (χ0v) is 13.0. The lowest BCUT2D eigenvalue weighted by Crippen LogP contribution is -2.56. The van der Waals surface area contributed by atoms with Crippen molar-refractivity contribution in [2.24, 2.45) is 5.41 Å². The molecular weight excluding hydrogens is 258 g/mol. The van der Waals surface area contributed by atoms with Gasteiger partial charge in [0.15, 0.2) is 0 Å². The second-order valence-corrected chi connectivity index (χ2v) is 7.45. The Morgan fingerprint density at radius 3 is 2.84 bits per heavy atom. The molecular formula is C14H27N3OS. The quantitative estimate of drug-likeness (QED) is 0.806. The van der Waals surface area contributed by atoms with Crippen LogP contribution in [0.15, 0.2) is 0 Å². The predicted molar refractivity (Wildman–Crippen MR) is 81.6 cm³/mol. The van der Waals surface area contributed by atoms with Gasteiger partial charge in [0.05, 0.1) is 6.04 Å². The number of hydrogen-bond donors (Lipinski definition) is 2. The first-order valence-corrected chi connectivity index (χ1v) is 8.56. The third-order valence-corrected chi connectivity index (χ3v) is 5.16. The highest BCUT2D eigenvalue weighted by atomic mass is 32.2. The highest BCUT2D eigenvalue weighted by Crippen LogP contribution is 2.29. The summed E-state index contributed by atoms with van der Waals surface area (Å²) in [4.78, 5) is 14.7. The average Bonchev–Trinajstić information content (AvgIpc) is 2.39. The van der Waals surface area contributed by atoms with Gasteiger partial charge in [-0.25, -0.2) is 0 Å². The van der Waals surface area contributed by atoms with Gasteiger partial charge in [-0.1, -0.05) is 13.8 Å². The van der Waals surface area contributed by atoms with E-state index in [2.05, 4.69) is 29.4 Å². The van der Waals surface area contributed by atoms with E-state index in [0.717, 1.165) is 39.1 Å². The normalized spacial score (nSPS) is 28.0. The van der Waals surface area contributed by atoms with Crippen molar-refractivity contribution in [3.8, 4) is 0 Å². The molecule has 0 radical (unpaired) electrons. The van der Waals surface area contributed by atoms with Crippen molar-refractivity contribution >= 4 is 17.7 Å². The number of carbonyl (C=O) groups is 1. The number of amides is 1. The standard InChI is InChI=1S/C14H27N3OS/c1-14(2)4-3-5-15-12(14)13(18)16-6-7-17-8-10-19-11-9-17/h12,15H,3-11H2,1-2H3,(H,16,18). The lowest BCUT2D eigenvalue weighted by atomic mass is 9.77. The molecule has 0 bridgehead atoms. The fourth-order valence-corrected chi connectivity index (χ4v) is 3.90. The number of piperidine rings is 1. The van der Waals surface area contributed by atoms with E-state index in [-0.39, 0.29) is 17.4 Å². The molecule has 2 heterocycles. The van der Waals surface area contributed by atoms with Crippen LogP contribution in [0.3, 0.4) is 0 Å². The Balaban J connectivity index is 1.71. The zero-order valence-electron chi connectivity index (χ0n) is 12.2. The third kappa shape index (κ3) is 4.36. The van der Waals surface area contributed by atoms with E-state index in [0.29, 0.717) is 0 Å². The third-order valence-electron chi connectivity index (χ3n) is 4.22. The summed E-state index contributed by atoms with van der Waals surface area (Å²) in [6.07, 6.45) is 2.30. The second-order valence-electron chi connectivity index (χ2n) is 6.22. The van der Waals surface area contributed by atoms with Crippen LogP contribution in [0, 0.1) is 5.41 Å². The Kier molecular flexibility index (Phi) is 5.54. The topological polar surface area (TPSA) is 44.4 Å². The van der Waals surface area contributed by atoms with E-state index < -0.39 is 0 Å². The molecule has 0 aromatic carbocycles. The number of hydrogen-bond acceptors (Lipinski definition) is 4. The molecule has 2 fully saturated rings. The largest absolute Gasteiger partial charge is 0.353 e. The smallest absolute Gasteiger partial charge is 0.237 e. The van der Waals surface area contributed by atoms with Crippen LogP contribution in [0.4, 0.5) is 0 Å². The van der Waals surface area contributed by atoms with Gasteiger partial charge >= 0.3 is 0 Å². The number of carbonyl (C=O) groups excluding carboxylic acids is 1. The summed E-state index contributed by atoms with van der Waals surface area (Å²) >= 11 is 2.02. The van der Waals surface area contributed by atoms with Crippen LogP contribution in [0.5, 0.6) is 0 Å². The van der Waals surface area contributed by atoms with Crippen LogP contribution in [0.25, 0.3) is 0 Å². The minimum atomic E-state index is -0.0295. The van der Waals surface area contributed by atoms with E-state index in [1.165, 1.54) is 17.9 Å². The van der Waals surface area contributed by atoms with Crippen molar-refractivity contribution in [2.45, 2.75) is 32.7 Å². The Morgan fingerprint density at radius 1 is 1.42 bits per heavy atom.